The SMILES string of the molecule is O=C(Nc1ccc2nc(SCC(=O)N3CCN(c4ccccc4)CC3)sc2c1)c1ccccc1F. The third kappa shape index (κ3) is 5.47. The van der Waals surface area contributed by atoms with Crippen LogP contribution >= 0.6 is 23.1 Å². The molecule has 0 atom stereocenters. The molecule has 5 rings (SSSR count). The molecule has 2 heterocycles. The van der Waals surface area contributed by atoms with Crippen molar-refractivity contribution in [3.8, 4) is 0 Å². The summed E-state index contributed by atoms with van der Waals surface area (Å²) < 4.78 is 15.6. The summed E-state index contributed by atoms with van der Waals surface area (Å²) in [6, 6.07) is 21.5. The summed E-state index contributed by atoms with van der Waals surface area (Å²) in [6.07, 6.45) is 0. The summed E-state index contributed by atoms with van der Waals surface area (Å²) in [5.74, 6) is -0.616. The zero-order valence-corrected chi connectivity index (χ0v) is 20.4. The predicted octanol–water partition coefficient (Wildman–Crippen LogP) is 5.13. The van der Waals surface area contributed by atoms with Gasteiger partial charge in [-0.3, -0.25) is 9.59 Å². The highest BCUT2D eigenvalue weighted by Gasteiger charge is 2.21. The maximum Gasteiger partial charge on any atom is 0.258 e. The molecule has 2 amide bonds. The van der Waals surface area contributed by atoms with Crippen LogP contribution in [0.3, 0.4) is 0 Å². The second-order valence-electron chi connectivity index (χ2n) is 8.09. The molecule has 1 N–H and O–H groups in total. The average Bonchev–Trinajstić information content (AvgIpc) is 3.30. The monoisotopic (exact) mass is 506 g/mol. The van der Waals surface area contributed by atoms with Crippen LogP contribution in [0.25, 0.3) is 10.2 Å². The molecule has 4 aromatic rings. The van der Waals surface area contributed by atoms with Gasteiger partial charge in [-0.1, -0.05) is 42.1 Å². The molecule has 6 nitrogen and oxygen atoms in total. The van der Waals surface area contributed by atoms with Gasteiger partial charge in [0.2, 0.25) is 5.91 Å². The van der Waals surface area contributed by atoms with Gasteiger partial charge in [-0.05, 0) is 42.5 Å². The fourth-order valence-electron chi connectivity index (χ4n) is 3.95. The Morgan fingerprint density at radius 2 is 1.71 bits per heavy atom. The van der Waals surface area contributed by atoms with E-state index in [0.29, 0.717) is 24.5 Å². The minimum atomic E-state index is -0.561. The lowest BCUT2D eigenvalue weighted by Crippen LogP contribution is -2.49. The van der Waals surface area contributed by atoms with E-state index in [9.17, 15) is 14.0 Å². The van der Waals surface area contributed by atoms with Crippen molar-refractivity contribution in [2.45, 2.75) is 4.34 Å². The summed E-state index contributed by atoms with van der Waals surface area (Å²) in [7, 11) is 0. The Labute approximate surface area is 210 Å². The van der Waals surface area contributed by atoms with Crippen molar-refractivity contribution in [1.82, 2.24) is 9.88 Å². The third-order valence-corrected chi connectivity index (χ3v) is 7.96. The number of nitrogens with one attached hydrogen (secondary N) is 1. The largest absolute Gasteiger partial charge is 0.368 e. The van der Waals surface area contributed by atoms with Crippen LogP contribution in [0.15, 0.2) is 77.1 Å². The zero-order valence-electron chi connectivity index (χ0n) is 18.8. The number of aromatic nitrogens is 1. The van der Waals surface area contributed by atoms with Crippen molar-refractivity contribution >= 4 is 56.5 Å². The first-order valence-electron chi connectivity index (χ1n) is 11.2. The van der Waals surface area contributed by atoms with Crippen LogP contribution in [0.1, 0.15) is 10.4 Å². The lowest BCUT2D eigenvalue weighted by Gasteiger charge is -2.36. The molecule has 178 valence electrons. The number of carbonyl (C=O) groups excluding carboxylic acids is 2. The Morgan fingerprint density at radius 3 is 2.49 bits per heavy atom. The number of hydrogen-bond donors (Lipinski definition) is 1. The van der Waals surface area contributed by atoms with Crippen LogP contribution in [0, 0.1) is 5.82 Å². The molecule has 1 fully saturated rings. The summed E-state index contributed by atoms with van der Waals surface area (Å²) in [5.41, 5.74) is 2.55. The molecular formula is C26H23FN4O2S2. The molecule has 0 radical (unpaired) electrons. The molecule has 3 aromatic carbocycles. The molecule has 0 aliphatic carbocycles. The quantitative estimate of drug-likeness (QED) is 0.368. The highest BCUT2D eigenvalue weighted by Crippen LogP contribution is 2.31. The van der Waals surface area contributed by atoms with E-state index >= 15 is 0 Å². The lowest BCUT2D eigenvalue weighted by molar-refractivity contribution is -0.128. The van der Waals surface area contributed by atoms with E-state index < -0.39 is 11.7 Å². The number of halogens is 1. The zero-order chi connectivity index (χ0) is 24.2. The van der Waals surface area contributed by atoms with Gasteiger partial charge in [0.15, 0.2) is 4.34 Å². The van der Waals surface area contributed by atoms with E-state index in [2.05, 4.69) is 27.3 Å². The maximum absolute atomic E-state index is 13.9. The fourth-order valence-corrected chi connectivity index (χ4v) is 5.96. The predicted molar refractivity (Wildman–Crippen MR) is 140 cm³/mol. The van der Waals surface area contributed by atoms with Crippen molar-refractivity contribution < 1.29 is 14.0 Å². The van der Waals surface area contributed by atoms with Crippen LogP contribution in [-0.2, 0) is 4.79 Å². The third-order valence-electron chi connectivity index (χ3n) is 5.82. The summed E-state index contributed by atoms with van der Waals surface area (Å²) in [6.45, 7) is 3.06. The number of amides is 2. The topological polar surface area (TPSA) is 65.5 Å². The first kappa shape index (κ1) is 23.3. The van der Waals surface area contributed by atoms with Crippen molar-refractivity contribution in [2.75, 3.05) is 42.1 Å². The summed E-state index contributed by atoms with van der Waals surface area (Å²) >= 11 is 2.90. The molecule has 1 aromatic heterocycles. The van der Waals surface area contributed by atoms with Gasteiger partial charge in [0.25, 0.3) is 5.91 Å². The van der Waals surface area contributed by atoms with Crippen molar-refractivity contribution in [3.05, 3.63) is 84.2 Å². The van der Waals surface area contributed by atoms with E-state index in [1.165, 1.54) is 40.9 Å². The van der Waals surface area contributed by atoms with E-state index in [4.69, 9.17) is 0 Å². The Bertz CT molecular complexity index is 1350. The number of thioether (sulfide) groups is 1. The second kappa shape index (κ2) is 10.5. The minimum absolute atomic E-state index is 0.00346. The van der Waals surface area contributed by atoms with Gasteiger partial charge in [0.05, 0.1) is 21.5 Å². The average molecular weight is 507 g/mol. The van der Waals surface area contributed by atoms with Crippen molar-refractivity contribution in [2.24, 2.45) is 0 Å². The highest BCUT2D eigenvalue weighted by atomic mass is 32.2. The van der Waals surface area contributed by atoms with Crippen LogP contribution in [-0.4, -0.2) is 53.6 Å². The van der Waals surface area contributed by atoms with Gasteiger partial charge in [-0.15, -0.1) is 11.3 Å². The first-order valence-corrected chi connectivity index (χ1v) is 13.0. The number of rotatable bonds is 6. The molecule has 1 aliphatic heterocycles. The van der Waals surface area contributed by atoms with Crippen LogP contribution < -0.4 is 10.2 Å². The Kier molecular flexibility index (Phi) is 6.96. The van der Waals surface area contributed by atoms with E-state index in [0.717, 1.165) is 27.6 Å². The maximum atomic E-state index is 13.9. The van der Waals surface area contributed by atoms with E-state index in [1.54, 1.807) is 18.2 Å². The van der Waals surface area contributed by atoms with Crippen LogP contribution in [0.2, 0.25) is 0 Å². The molecule has 1 aliphatic rings. The molecular weight excluding hydrogens is 483 g/mol. The normalized spacial score (nSPS) is 13.7. The van der Waals surface area contributed by atoms with Crippen molar-refractivity contribution in [1.29, 1.82) is 0 Å². The van der Waals surface area contributed by atoms with Crippen molar-refractivity contribution in [3.63, 3.8) is 0 Å². The molecule has 9 heteroatoms. The number of hydrogen-bond acceptors (Lipinski definition) is 6. The molecule has 1 saturated heterocycles. The number of benzene rings is 3. The van der Waals surface area contributed by atoms with Gasteiger partial charge >= 0.3 is 0 Å². The highest BCUT2D eigenvalue weighted by molar-refractivity contribution is 8.01. The van der Waals surface area contributed by atoms with E-state index in [-0.39, 0.29) is 11.5 Å². The molecule has 0 unspecified atom stereocenters. The van der Waals surface area contributed by atoms with Gasteiger partial charge in [0, 0.05) is 37.6 Å². The number of piperazine rings is 1. The van der Waals surface area contributed by atoms with Crippen LogP contribution in [0.4, 0.5) is 15.8 Å². The van der Waals surface area contributed by atoms with Gasteiger partial charge in [0.1, 0.15) is 5.82 Å². The molecule has 35 heavy (non-hydrogen) atoms. The number of nitrogens with zero attached hydrogens (tertiary/aromatic N) is 3. The van der Waals surface area contributed by atoms with Gasteiger partial charge in [-0.25, -0.2) is 9.37 Å². The number of carbonyl (C=O) groups is 2. The number of thiazole rings is 1. The molecule has 0 saturated carbocycles. The lowest BCUT2D eigenvalue weighted by atomic mass is 10.2. The summed E-state index contributed by atoms with van der Waals surface area (Å²) in [4.78, 5) is 34.0. The number of fused-ring (bicyclic) bond motifs is 1. The Morgan fingerprint density at radius 1 is 0.971 bits per heavy atom. The Balaban J connectivity index is 1.16. The fraction of sp³-hybridized carbons (Fsp3) is 0.192. The van der Waals surface area contributed by atoms with Gasteiger partial charge in [-0.2, -0.15) is 0 Å². The second-order valence-corrected chi connectivity index (χ2v) is 10.3. The van der Waals surface area contributed by atoms with Crippen LogP contribution in [0.5, 0.6) is 0 Å². The number of para-hydroxylation sites is 1. The minimum Gasteiger partial charge on any atom is -0.368 e. The molecule has 0 bridgehead atoms. The first-order chi connectivity index (χ1) is 17.1. The molecule has 0 spiro atoms. The number of anilines is 2. The standard InChI is InChI=1S/C26H23FN4O2S2/c27-21-9-5-4-8-20(21)25(33)28-18-10-11-22-23(16-18)35-26(29-22)34-17-24(32)31-14-12-30(13-15-31)19-6-2-1-3-7-19/h1-11,16H,12-15,17H2,(H,28,33). The summed E-state index contributed by atoms with van der Waals surface area (Å²) in [5, 5.41) is 2.74. The van der Waals surface area contributed by atoms with Gasteiger partial charge < -0.3 is 15.1 Å². The smallest absolute Gasteiger partial charge is 0.258 e. The van der Waals surface area contributed by atoms with E-state index in [1.807, 2.05) is 35.2 Å². The Hall–Kier alpha value is -3.43.